The van der Waals surface area contributed by atoms with Crippen LogP contribution in [-0.4, -0.2) is 21.3 Å². The van der Waals surface area contributed by atoms with Crippen LogP contribution in [0.1, 0.15) is 71.1 Å². The Morgan fingerprint density at radius 2 is 1.21 bits per heavy atom. The molecule has 0 aliphatic rings. The lowest BCUT2D eigenvalue weighted by Gasteiger charge is -2.10. The first-order valence-corrected chi connectivity index (χ1v) is 9.44. The molecule has 0 aromatic rings. The maximum Gasteiger partial charge on any atom is 0.337 e. The Kier molecular flexibility index (Phi) is 15.6. The van der Waals surface area contributed by atoms with Crippen LogP contribution in [-0.2, 0) is 8.83 Å². The molecule has 0 aromatic heterocycles. The van der Waals surface area contributed by atoms with Crippen LogP contribution in [0.25, 0.3) is 0 Å². The number of hydrogen-bond acceptors (Lipinski definition) is 5. The predicted octanol–water partition coefficient (Wildman–Crippen LogP) is 4.37. The molecule has 0 heterocycles. The third-order valence-corrected chi connectivity index (χ3v) is 4.39. The van der Waals surface area contributed by atoms with E-state index in [1.165, 1.54) is 51.4 Å². The second-order valence-corrected chi connectivity index (χ2v) is 6.48. The largest absolute Gasteiger partial charge is 0.337 e. The van der Waals surface area contributed by atoms with Gasteiger partial charge in [0.2, 0.25) is 0 Å². The Bertz CT molecular complexity index is 184. The average Bonchev–Trinajstić information content (AvgIpc) is 2.35. The van der Waals surface area contributed by atoms with Crippen molar-refractivity contribution >= 4 is 17.2 Å². The SMILES string of the molecule is CCCCCCCCCCCCOP(O)OP(O)O. The molecule has 0 rings (SSSR count). The molecule has 0 aliphatic carbocycles. The van der Waals surface area contributed by atoms with Crippen molar-refractivity contribution in [3.63, 3.8) is 0 Å². The second-order valence-electron chi connectivity index (χ2n) is 4.59. The van der Waals surface area contributed by atoms with Crippen LogP contribution in [0.15, 0.2) is 0 Å². The van der Waals surface area contributed by atoms with E-state index < -0.39 is 17.2 Å². The van der Waals surface area contributed by atoms with Gasteiger partial charge in [0.05, 0.1) is 6.61 Å². The molecule has 3 N–H and O–H groups in total. The lowest BCUT2D eigenvalue weighted by Crippen LogP contribution is -1.91. The standard InChI is InChI=1S/C12H28O5P2/c1-2-3-4-5-6-7-8-9-10-11-12-16-19(15)17-18(13)14/h13-15H,2-12H2,1H3. The van der Waals surface area contributed by atoms with Gasteiger partial charge < -0.3 is 19.2 Å². The number of rotatable bonds is 14. The Morgan fingerprint density at radius 1 is 0.737 bits per heavy atom. The van der Waals surface area contributed by atoms with Crippen molar-refractivity contribution in [2.75, 3.05) is 6.61 Å². The van der Waals surface area contributed by atoms with Gasteiger partial charge in [0.15, 0.2) is 0 Å². The van der Waals surface area contributed by atoms with Gasteiger partial charge in [-0.05, 0) is 6.42 Å². The summed E-state index contributed by atoms with van der Waals surface area (Å²) >= 11 is 0. The van der Waals surface area contributed by atoms with Gasteiger partial charge in [-0.2, -0.15) is 0 Å². The maximum absolute atomic E-state index is 9.08. The van der Waals surface area contributed by atoms with E-state index >= 15 is 0 Å². The first-order valence-electron chi connectivity index (χ1n) is 7.14. The molecule has 0 fully saturated rings. The molecule has 0 radical (unpaired) electrons. The average molecular weight is 314 g/mol. The summed E-state index contributed by atoms with van der Waals surface area (Å²) < 4.78 is 9.24. The number of hydrogen-bond donors (Lipinski definition) is 3. The molecule has 0 aliphatic heterocycles. The molecule has 1 atom stereocenters. The minimum absolute atomic E-state index is 0.405. The summed E-state index contributed by atoms with van der Waals surface area (Å²) in [5.74, 6) is 0. The second kappa shape index (κ2) is 15.1. The van der Waals surface area contributed by atoms with Crippen LogP contribution >= 0.6 is 17.2 Å². The molecule has 5 nitrogen and oxygen atoms in total. The quantitative estimate of drug-likeness (QED) is 0.328. The van der Waals surface area contributed by atoms with Gasteiger partial charge in [-0.25, -0.2) is 4.31 Å². The molecule has 0 saturated carbocycles. The molecule has 0 spiro atoms. The Balaban J connectivity index is 3.06. The first-order chi connectivity index (χ1) is 9.16. The molecule has 116 valence electrons. The minimum atomic E-state index is -2.53. The molecule has 0 amide bonds. The van der Waals surface area contributed by atoms with E-state index in [1.54, 1.807) is 0 Å². The van der Waals surface area contributed by atoms with E-state index in [0.29, 0.717) is 6.61 Å². The van der Waals surface area contributed by atoms with Crippen molar-refractivity contribution in [1.29, 1.82) is 0 Å². The summed E-state index contributed by atoms with van der Waals surface area (Å²) in [4.78, 5) is 26.0. The molecule has 0 bridgehead atoms. The lowest BCUT2D eigenvalue weighted by atomic mass is 10.1. The normalized spacial score (nSPS) is 13.1. The highest BCUT2D eigenvalue weighted by molar-refractivity contribution is 7.54. The van der Waals surface area contributed by atoms with Gasteiger partial charge in [0.25, 0.3) is 0 Å². The highest BCUT2D eigenvalue weighted by atomic mass is 31.2. The van der Waals surface area contributed by atoms with Crippen LogP contribution in [0, 0.1) is 0 Å². The van der Waals surface area contributed by atoms with E-state index in [4.69, 9.17) is 19.2 Å². The molecular formula is C12H28O5P2. The van der Waals surface area contributed by atoms with Crippen molar-refractivity contribution < 1.29 is 23.5 Å². The summed E-state index contributed by atoms with van der Waals surface area (Å²) in [6, 6.07) is 0. The fourth-order valence-corrected chi connectivity index (χ4v) is 2.79. The van der Waals surface area contributed by atoms with Gasteiger partial charge in [-0.1, -0.05) is 64.7 Å². The smallest absolute Gasteiger partial charge is 0.328 e. The molecule has 0 aromatic carbocycles. The van der Waals surface area contributed by atoms with Crippen molar-refractivity contribution in [2.24, 2.45) is 0 Å². The summed E-state index contributed by atoms with van der Waals surface area (Å²) in [5.41, 5.74) is 0. The predicted molar refractivity (Wildman–Crippen MR) is 79.4 cm³/mol. The molecule has 7 heteroatoms. The van der Waals surface area contributed by atoms with Gasteiger partial charge in [-0.15, -0.1) is 0 Å². The van der Waals surface area contributed by atoms with Crippen molar-refractivity contribution in [1.82, 2.24) is 0 Å². The van der Waals surface area contributed by atoms with E-state index in [9.17, 15) is 0 Å². The summed E-state index contributed by atoms with van der Waals surface area (Å²) in [6.07, 6.45) is 12.4. The number of unbranched alkanes of at least 4 members (excludes halogenated alkanes) is 9. The third-order valence-electron chi connectivity index (χ3n) is 2.84. The zero-order valence-electron chi connectivity index (χ0n) is 11.8. The lowest BCUT2D eigenvalue weighted by molar-refractivity contribution is 0.242. The van der Waals surface area contributed by atoms with E-state index in [1.807, 2.05) is 0 Å². The van der Waals surface area contributed by atoms with Gasteiger partial charge in [-0.3, -0.25) is 0 Å². The van der Waals surface area contributed by atoms with E-state index in [-0.39, 0.29) is 0 Å². The maximum atomic E-state index is 9.08. The monoisotopic (exact) mass is 314 g/mol. The van der Waals surface area contributed by atoms with Crippen molar-refractivity contribution in [2.45, 2.75) is 71.1 Å². The topological polar surface area (TPSA) is 79.2 Å². The Morgan fingerprint density at radius 3 is 1.68 bits per heavy atom. The van der Waals surface area contributed by atoms with Crippen LogP contribution in [0.4, 0.5) is 0 Å². The minimum Gasteiger partial charge on any atom is -0.328 e. The zero-order chi connectivity index (χ0) is 14.3. The van der Waals surface area contributed by atoms with E-state index in [2.05, 4.69) is 11.2 Å². The first kappa shape index (κ1) is 19.7. The molecule has 1 unspecified atom stereocenters. The van der Waals surface area contributed by atoms with Crippen LogP contribution in [0.2, 0.25) is 0 Å². The molecular weight excluding hydrogens is 286 g/mol. The van der Waals surface area contributed by atoms with Crippen LogP contribution < -0.4 is 0 Å². The Labute approximate surface area is 119 Å². The van der Waals surface area contributed by atoms with Crippen molar-refractivity contribution in [3.8, 4) is 0 Å². The zero-order valence-corrected chi connectivity index (χ0v) is 13.6. The highest BCUT2D eigenvalue weighted by Gasteiger charge is 2.12. The fourth-order valence-electron chi connectivity index (χ4n) is 1.82. The third kappa shape index (κ3) is 16.6. The molecule has 19 heavy (non-hydrogen) atoms. The van der Waals surface area contributed by atoms with Gasteiger partial charge in [0.1, 0.15) is 0 Å². The van der Waals surface area contributed by atoms with E-state index in [0.717, 1.165) is 12.8 Å². The summed E-state index contributed by atoms with van der Waals surface area (Å²) in [6.45, 7) is 2.63. The summed E-state index contributed by atoms with van der Waals surface area (Å²) in [5, 5.41) is 0. The Hall–Kier alpha value is 0.660. The van der Waals surface area contributed by atoms with Gasteiger partial charge >= 0.3 is 17.2 Å². The van der Waals surface area contributed by atoms with Crippen LogP contribution in [0.3, 0.4) is 0 Å². The van der Waals surface area contributed by atoms with Crippen LogP contribution in [0.5, 0.6) is 0 Å². The highest BCUT2D eigenvalue weighted by Crippen LogP contribution is 2.46. The van der Waals surface area contributed by atoms with Crippen molar-refractivity contribution in [3.05, 3.63) is 0 Å². The summed E-state index contributed by atoms with van der Waals surface area (Å²) in [7, 11) is -4.65. The molecule has 0 saturated heterocycles. The fraction of sp³-hybridized carbons (Fsp3) is 1.00. The van der Waals surface area contributed by atoms with Gasteiger partial charge in [0, 0.05) is 0 Å².